The molecule has 2 heterocycles. The summed E-state index contributed by atoms with van der Waals surface area (Å²) in [5.74, 6) is 0.837. The molecule has 2 saturated carbocycles. The largest absolute Gasteiger partial charge is 0.396 e. The second kappa shape index (κ2) is 5.42. The number of rotatable bonds is 1. The van der Waals surface area contributed by atoms with Crippen molar-refractivity contribution in [3.8, 4) is 0 Å². The molecule has 2 saturated heterocycles. The third-order valence-electron chi connectivity index (χ3n) is 8.67. The molecule has 4 fully saturated rings. The fourth-order valence-corrected chi connectivity index (χ4v) is 7.00. The van der Waals surface area contributed by atoms with E-state index in [0.29, 0.717) is 11.8 Å². The van der Waals surface area contributed by atoms with Gasteiger partial charge in [-0.05, 0) is 50.4 Å². The highest BCUT2D eigenvalue weighted by Crippen LogP contribution is 2.68. The van der Waals surface area contributed by atoms with Crippen molar-refractivity contribution in [1.29, 1.82) is 0 Å². The Morgan fingerprint density at radius 2 is 1.83 bits per heavy atom. The predicted octanol–water partition coefficient (Wildman–Crippen LogP) is 2.90. The lowest BCUT2D eigenvalue weighted by molar-refractivity contribution is -0.266. The summed E-state index contributed by atoms with van der Waals surface area (Å²) in [6.45, 7) is 8.46. The molecule has 0 radical (unpaired) electrons. The van der Waals surface area contributed by atoms with E-state index in [1.165, 1.54) is 0 Å². The highest BCUT2D eigenvalue weighted by molar-refractivity contribution is 5.17. The monoisotopic (exact) mass is 338 g/mol. The number of hydrogen-bond acceptors (Lipinski definition) is 4. The zero-order valence-electron chi connectivity index (χ0n) is 15.5. The van der Waals surface area contributed by atoms with Crippen LogP contribution >= 0.6 is 0 Å². The minimum atomic E-state index is -0.411. The molecule has 0 amide bonds. The Kier molecular flexibility index (Phi) is 3.90. The molecule has 0 aromatic rings. The van der Waals surface area contributed by atoms with Crippen LogP contribution in [-0.4, -0.2) is 47.3 Å². The average Bonchev–Trinajstić information content (AvgIpc) is 3.18. The second-order valence-corrected chi connectivity index (χ2v) is 9.64. The Morgan fingerprint density at radius 3 is 2.50 bits per heavy atom. The Bertz CT molecular complexity index is 502. The van der Waals surface area contributed by atoms with E-state index < -0.39 is 11.5 Å². The van der Waals surface area contributed by atoms with Gasteiger partial charge in [0.25, 0.3) is 0 Å². The maximum atomic E-state index is 10.7. The smallest absolute Gasteiger partial charge is 0.0945 e. The summed E-state index contributed by atoms with van der Waals surface area (Å²) in [5, 5.41) is 20.8. The van der Waals surface area contributed by atoms with E-state index in [4.69, 9.17) is 9.47 Å². The SMILES string of the molecule is C[C@@H]1CC[C@H]2[C@](C)(CO)[C@@H](O)CC[C@]2(C)[C@@]12CC[C@]1(CCOC1)O2. The molecule has 4 nitrogen and oxygen atoms in total. The first-order valence-electron chi connectivity index (χ1n) is 9.89. The standard InChI is InChI=1S/C20H34O4/c1-14-4-5-15-17(2,12-21)16(22)6-7-18(15,3)20(14)9-8-19(24-20)10-11-23-13-19/h14-16,21-22H,4-13H2,1-3H3/t14-,15+,16+,17+,18+,19-,20-/m1/s1. The van der Waals surface area contributed by atoms with Crippen molar-refractivity contribution < 1.29 is 19.7 Å². The molecule has 2 aliphatic carbocycles. The lowest BCUT2D eigenvalue weighted by atomic mass is 9.43. The Balaban J connectivity index is 1.74. The molecule has 138 valence electrons. The molecule has 4 aliphatic rings. The number of aliphatic hydroxyl groups excluding tert-OH is 2. The lowest BCUT2D eigenvalue weighted by Gasteiger charge is -2.65. The number of ether oxygens (including phenoxy) is 2. The summed E-state index contributed by atoms with van der Waals surface area (Å²) < 4.78 is 12.7. The first kappa shape index (κ1) is 17.3. The first-order chi connectivity index (χ1) is 11.3. The number of aliphatic hydroxyl groups is 2. The summed E-state index contributed by atoms with van der Waals surface area (Å²) >= 11 is 0. The summed E-state index contributed by atoms with van der Waals surface area (Å²) in [6.07, 6.45) is 6.78. The van der Waals surface area contributed by atoms with Crippen molar-refractivity contribution in [2.75, 3.05) is 19.8 Å². The van der Waals surface area contributed by atoms with Crippen LogP contribution < -0.4 is 0 Å². The van der Waals surface area contributed by atoms with E-state index >= 15 is 0 Å². The van der Waals surface area contributed by atoms with Crippen LogP contribution in [0.5, 0.6) is 0 Å². The van der Waals surface area contributed by atoms with Crippen molar-refractivity contribution in [2.45, 2.75) is 83.0 Å². The molecule has 0 aromatic carbocycles. The van der Waals surface area contributed by atoms with Gasteiger partial charge in [-0.2, -0.15) is 0 Å². The van der Waals surface area contributed by atoms with Gasteiger partial charge in [0, 0.05) is 23.9 Å². The Morgan fingerprint density at radius 1 is 1.04 bits per heavy atom. The summed E-state index contributed by atoms with van der Waals surface area (Å²) in [5.41, 5.74) is -0.593. The average molecular weight is 338 g/mol. The molecule has 0 bridgehead atoms. The van der Waals surface area contributed by atoms with Gasteiger partial charge in [0.2, 0.25) is 0 Å². The Hall–Kier alpha value is -0.160. The van der Waals surface area contributed by atoms with Gasteiger partial charge in [-0.15, -0.1) is 0 Å². The van der Waals surface area contributed by atoms with Crippen molar-refractivity contribution in [3.05, 3.63) is 0 Å². The van der Waals surface area contributed by atoms with E-state index in [1.54, 1.807) is 0 Å². The predicted molar refractivity (Wildman–Crippen MR) is 91.6 cm³/mol. The van der Waals surface area contributed by atoms with Gasteiger partial charge in [-0.3, -0.25) is 0 Å². The van der Waals surface area contributed by atoms with Crippen molar-refractivity contribution in [3.63, 3.8) is 0 Å². The minimum Gasteiger partial charge on any atom is -0.396 e. The van der Waals surface area contributed by atoms with Gasteiger partial charge in [0.05, 0.1) is 30.5 Å². The van der Waals surface area contributed by atoms with Crippen LogP contribution in [0.25, 0.3) is 0 Å². The van der Waals surface area contributed by atoms with E-state index in [0.717, 1.165) is 58.2 Å². The van der Waals surface area contributed by atoms with Crippen LogP contribution in [0.1, 0.15) is 65.7 Å². The molecule has 4 heteroatoms. The first-order valence-corrected chi connectivity index (χ1v) is 9.89. The number of hydrogen-bond donors (Lipinski definition) is 2. The topological polar surface area (TPSA) is 58.9 Å². The molecular weight excluding hydrogens is 304 g/mol. The second-order valence-electron chi connectivity index (χ2n) is 9.64. The fraction of sp³-hybridized carbons (Fsp3) is 1.00. The zero-order valence-corrected chi connectivity index (χ0v) is 15.5. The molecule has 2 N–H and O–H groups in total. The van der Waals surface area contributed by atoms with Crippen molar-refractivity contribution in [2.24, 2.45) is 22.7 Å². The molecule has 0 unspecified atom stereocenters. The van der Waals surface area contributed by atoms with Crippen LogP contribution in [0.3, 0.4) is 0 Å². The molecule has 4 rings (SSSR count). The third kappa shape index (κ3) is 2.00. The molecule has 7 atom stereocenters. The summed E-state index contributed by atoms with van der Waals surface area (Å²) in [6, 6.07) is 0. The molecule has 24 heavy (non-hydrogen) atoms. The van der Waals surface area contributed by atoms with E-state index in [9.17, 15) is 10.2 Å². The van der Waals surface area contributed by atoms with Gasteiger partial charge < -0.3 is 19.7 Å². The van der Waals surface area contributed by atoms with Gasteiger partial charge in [0.15, 0.2) is 0 Å². The van der Waals surface area contributed by atoms with Gasteiger partial charge in [-0.25, -0.2) is 0 Å². The van der Waals surface area contributed by atoms with Crippen molar-refractivity contribution >= 4 is 0 Å². The molecular formula is C20H34O4. The van der Waals surface area contributed by atoms with Crippen LogP contribution in [0.15, 0.2) is 0 Å². The van der Waals surface area contributed by atoms with Crippen LogP contribution in [-0.2, 0) is 9.47 Å². The van der Waals surface area contributed by atoms with E-state index in [-0.39, 0.29) is 23.2 Å². The molecule has 2 spiro atoms. The van der Waals surface area contributed by atoms with Gasteiger partial charge in [-0.1, -0.05) is 20.8 Å². The van der Waals surface area contributed by atoms with E-state index in [1.807, 2.05) is 0 Å². The minimum absolute atomic E-state index is 0.0213. The zero-order chi connectivity index (χ0) is 17.2. The van der Waals surface area contributed by atoms with Crippen LogP contribution in [0, 0.1) is 22.7 Å². The van der Waals surface area contributed by atoms with Gasteiger partial charge in [0.1, 0.15) is 0 Å². The molecule has 2 aliphatic heterocycles. The Labute approximate surface area is 145 Å². The van der Waals surface area contributed by atoms with Crippen LogP contribution in [0.4, 0.5) is 0 Å². The maximum absolute atomic E-state index is 10.7. The van der Waals surface area contributed by atoms with Crippen LogP contribution in [0.2, 0.25) is 0 Å². The van der Waals surface area contributed by atoms with Gasteiger partial charge >= 0.3 is 0 Å². The lowest BCUT2D eigenvalue weighted by Crippen LogP contribution is -2.66. The van der Waals surface area contributed by atoms with Crippen molar-refractivity contribution in [1.82, 2.24) is 0 Å². The fourth-order valence-electron chi connectivity index (χ4n) is 7.00. The maximum Gasteiger partial charge on any atom is 0.0945 e. The number of fused-ring (bicyclic) bond motifs is 2. The quantitative estimate of drug-likeness (QED) is 0.772. The molecule has 0 aromatic heterocycles. The highest BCUT2D eigenvalue weighted by Gasteiger charge is 2.69. The summed E-state index contributed by atoms with van der Waals surface area (Å²) in [7, 11) is 0. The summed E-state index contributed by atoms with van der Waals surface area (Å²) in [4.78, 5) is 0. The van der Waals surface area contributed by atoms with E-state index in [2.05, 4.69) is 20.8 Å². The highest BCUT2D eigenvalue weighted by atomic mass is 16.6. The normalized spacial score (nSPS) is 57.6. The third-order valence-corrected chi connectivity index (χ3v) is 8.67.